The number of carbonyl (C=O) groups is 1. The molecule has 0 amide bonds. The van der Waals surface area contributed by atoms with Crippen LogP contribution in [0.4, 0.5) is 5.69 Å². The van der Waals surface area contributed by atoms with Gasteiger partial charge in [0.15, 0.2) is 0 Å². The third kappa shape index (κ3) is 3.77. The van der Waals surface area contributed by atoms with E-state index in [9.17, 15) is 4.79 Å². The van der Waals surface area contributed by atoms with Crippen molar-refractivity contribution >= 4 is 39.7 Å². The minimum absolute atomic E-state index is 0.211. The predicted octanol–water partition coefficient (Wildman–Crippen LogP) is 3.62. The summed E-state index contributed by atoms with van der Waals surface area (Å²) in [6, 6.07) is 1.99. The van der Waals surface area contributed by atoms with E-state index >= 15 is 0 Å². The van der Waals surface area contributed by atoms with Gasteiger partial charge < -0.3 is 10.6 Å². The van der Waals surface area contributed by atoms with Crippen molar-refractivity contribution in [1.82, 2.24) is 10.3 Å². The number of pyridine rings is 1. The lowest BCUT2D eigenvalue weighted by Gasteiger charge is -2.19. The SMILES string of the molecule is CNC1(CNc2cnc(Cl)c(C3=CC=CC(C(=O)Cl)C3)c2)CC1. The number of carbonyl (C=O) groups excluding carboxylic acids is 1. The van der Waals surface area contributed by atoms with Gasteiger partial charge in [0.1, 0.15) is 5.15 Å². The Balaban J connectivity index is 1.77. The molecule has 4 nitrogen and oxygen atoms in total. The molecule has 0 aliphatic heterocycles. The molecular formula is C17H19Cl2N3O. The molecule has 1 fully saturated rings. The van der Waals surface area contributed by atoms with Gasteiger partial charge in [0.25, 0.3) is 0 Å². The van der Waals surface area contributed by atoms with E-state index in [-0.39, 0.29) is 16.7 Å². The van der Waals surface area contributed by atoms with Crippen LogP contribution in [0.25, 0.3) is 5.57 Å². The Morgan fingerprint density at radius 3 is 2.91 bits per heavy atom. The number of anilines is 1. The van der Waals surface area contributed by atoms with Crippen LogP contribution in [-0.2, 0) is 4.79 Å². The topological polar surface area (TPSA) is 54.0 Å². The van der Waals surface area contributed by atoms with Crippen LogP contribution in [0.2, 0.25) is 5.15 Å². The number of likely N-dealkylation sites (N-methyl/N-ethyl adjacent to an activating group) is 1. The molecule has 1 aromatic rings. The second-order valence-electron chi connectivity index (χ2n) is 6.14. The Kier molecular flexibility index (Phi) is 4.76. The van der Waals surface area contributed by atoms with Gasteiger partial charge >= 0.3 is 0 Å². The number of allylic oxidation sites excluding steroid dienone is 4. The zero-order valence-electron chi connectivity index (χ0n) is 12.9. The molecule has 0 spiro atoms. The normalized spacial score (nSPS) is 21.7. The van der Waals surface area contributed by atoms with Crippen LogP contribution in [-0.4, -0.2) is 29.4 Å². The molecule has 0 aromatic carbocycles. The molecule has 23 heavy (non-hydrogen) atoms. The summed E-state index contributed by atoms with van der Waals surface area (Å²) < 4.78 is 0. The molecule has 1 unspecified atom stereocenters. The van der Waals surface area contributed by atoms with Crippen molar-refractivity contribution in [3.05, 3.63) is 41.2 Å². The highest BCUT2D eigenvalue weighted by Gasteiger charge is 2.40. The van der Waals surface area contributed by atoms with Crippen molar-refractivity contribution in [2.75, 3.05) is 18.9 Å². The molecule has 0 bridgehead atoms. The Bertz CT molecular complexity index is 680. The molecule has 0 radical (unpaired) electrons. The van der Waals surface area contributed by atoms with E-state index in [1.54, 1.807) is 6.20 Å². The van der Waals surface area contributed by atoms with Crippen LogP contribution in [0.5, 0.6) is 0 Å². The molecule has 3 rings (SSSR count). The fourth-order valence-electron chi connectivity index (χ4n) is 2.74. The van der Waals surface area contributed by atoms with Crippen LogP contribution in [0.1, 0.15) is 24.8 Å². The fraction of sp³-hybridized carbons (Fsp3) is 0.412. The Hall–Kier alpha value is -1.36. The van der Waals surface area contributed by atoms with E-state index < -0.39 is 0 Å². The first-order valence-electron chi connectivity index (χ1n) is 7.68. The summed E-state index contributed by atoms with van der Waals surface area (Å²) in [4.78, 5) is 15.7. The lowest BCUT2D eigenvalue weighted by Crippen LogP contribution is -2.34. The molecule has 2 N–H and O–H groups in total. The minimum Gasteiger partial charge on any atom is -0.382 e. The number of hydrogen-bond donors (Lipinski definition) is 2. The highest BCUT2D eigenvalue weighted by Crippen LogP contribution is 2.36. The van der Waals surface area contributed by atoms with Crippen molar-refractivity contribution in [3.8, 4) is 0 Å². The number of nitrogens with zero attached hydrogens (tertiary/aromatic N) is 1. The van der Waals surface area contributed by atoms with Gasteiger partial charge in [-0.05, 0) is 49.6 Å². The van der Waals surface area contributed by atoms with Gasteiger partial charge in [-0.2, -0.15) is 0 Å². The zero-order valence-corrected chi connectivity index (χ0v) is 14.4. The molecule has 2 aliphatic rings. The van der Waals surface area contributed by atoms with E-state index in [1.165, 1.54) is 12.8 Å². The average molecular weight is 352 g/mol. The molecule has 122 valence electrons. The second-order valence-corrected chi connectivity index (χ2v) is 6.87. The maximum Gasteiger partial charge on any atom is 0.228 e. The number of hydrogen-bond acceptors (Lipinski definition) is 4. The number of halogens is 2. The van der Waals surface area contributed by atoms with Gasteiger partial charge in [-0.1, -0.05) is 29.8 Å². The highest BCUT2D eigenvalue weighted by molar-refractivity contribution is 6.64. The number of rotatable bonds is 6. The molecule has 2 aliphatic carbocycles. The molecular weight excluding hydrogens is 333 g/mol. The third-order valence-corrected chi connectivity index (χ3v) is 5.15. The highest BCUT2D eigenvalue weighted by atomic mass is 35.5. The van der Waals surface area contributed by atoms with E-state index in [0.717, 1.165) is 23.4 Å². The van der Waals surface area contributed by atoms with Gasteiger partial charge in [0.2, 0.25) is 5.24 Å². The van der Waals surface area contributed by atoms with E-state index in [1.807, 2.05) is 31.3 Å². The second kappa shape index (κ2) is 6.63. The Morgan fingerprint density at radius 2 is 2.26 bits per heavy atom. The molecule has 0 saturated heterocycles. The minimum atomic E-state index is -0.352. The first kappa shape index (κ1) is 16.5. The average Bonchev–Trinajstić information content (AvgIpc) is 3.35. The van der Waals surface area contributed by atoms with E-state index in [0.29, 0.717) is 11.6 Å². The summed E-state index contributed by atoms with van der Waals surface area (Å²) in [7, 11) is 1.99. The molecule has 1 heterocycles. The van der Waals surface area contributed by atoms with Crippen LogP contribution in [0.3, 0.4) is 0 Å². The van der Waals surface area contributed by atoms with Gasteiger partial charge in [-0.15, -0.1) is 0 Å². The van der Waals surface area contributed by atoms with Crippen LogP contribution in [0.15, 0.2) is 30.5 Å². The first-order chi connectivity index (χ1) is 11.0. The summed E-state index contributed by atoms with van der Waals surface area (Å²) in [6.45, 7) is 0.855. The lowest BCUT2D eigenvalue weighted by molar-refractivity contribution is -0.113. The zero-order chi connectivity index (χ0) is 16.4. The number of aromatic nitrogens is 1. The maximum absolute atomic E-state index is 11.4. The van der Waals surface area contributed by atoms with Crippen molar-refractivity contribution in [2.45, 2.75) is 24.8 Å². The van der Waals surface area contributed by atoms with Crippen molar-refractivity contribution in [3.63, 3.8) is 0 Å². The summed E-state index contributed by atoms with van der Waals surface area (Å²) in [5.41, 5.74) is 2.96. The third-order valence-electron chi connectivity index (χ3n) is 4.57. The summed E-state index contributed by atoms with van der Waals surface area (Å²) >= 11 is 11.9. The van der Waals surface area contributed by atoms with Crippen molar-refractivity contribution in [2.24, 2.45) is 5.92 Å². The molecule has 1 saturated carbocycles. The summed E-state index contributed by atoms with van der Waals surface area (Å²) in [6.07, 6.45) is 10.3. The summed E-state index contributed by atoms with van der Waals surface area (Å²) in [5, 5.41) is 6.85. The smallest absolute Gasteiger partial charge is 0.228 e. The number of nitrogens with one attached hydrogen (secondary N) is 2. The standard InChI is InChI=1S/C17H19Cl2N3O/c1-20-17(5-6-17)10-22-13-8-14(15(18)21-9-13)11-3-2-4-12(7-11)16(19)23/h2-4,8-9,12,20,22H,5-7,10H2,1H3. The monoisotopic (exact) mass is 351 g/mol. The molecule has 6 heteroatoms. The molecule has 1 atom stereocenters. The van der Waals surface area contributed by atoms with Crippen LogP contribution >= 0.6 is 23.2 Å². The van der Waals surface area contributed by atoms with Crippen molar-refractivity contribution < 1.29 is 4.79 Å². The largest absolute Gasteiger partial charge is 0.382 e. The summed E-state index contributed by atoms with van der Waals surface area (Å²) in [5.74, 6) is -0.302. The quantitative estimate of drug-likeness (QED) is 0.607. The van der Waals surface area contributed by atoms with Crippen LogP contribution in [0, 0.1) is 5.92 Å². The van der Waals surface area contributed by atoms with Gasteiger partial charge in [0, 0.05) is 17.6 Å². The van der Waals surface area contributed by atoms with Gasteiger partial charge in [-0.3, -0.25) is 4.79 Å². The predicted molar refractivity (Wildman–Crippen MR) is 94.8 cm³/mol. The van der Waals surface area contributed by atoms with Crippen molar-refractivity contribution in [1.29, 1.82) is 0 Å². The van der Waals surface area contributed by atoms with Gasteiger partial charge in [0.05, 0.1) is 17.8 Å². The van der Waals surface area contributed by atoms with Gasteiger partial charge in [-0.25, -0.2) is 4.98 Å². The Labute approximate surface area is 146 Å². The first-order valence-corrected chi connectivity index (χ1v) is 8.44. The van der Waals surface area contributed by atoms with E-state index in [2.05, 4.69) is 15.6 Å². The van der Waals surface area contributed by atoms with E-state index in [4.69, 9.17) is 23.2 Å². The fourth-order valence-corrected chi connectivity index (χ4v) is 3.12. The Morgan fingerprint density at radius 1 is 1.48 bits per heavy atom. The molecule has 1 aromatic heterocycles. The maximum atomic E-state index is 11.4. The van der Waals surface area contributed by atoms with Crippen LogP contribution < -0.4 is 10.6 Å². The lowest BCUT2D eigenvalue weighted by atomic mass is 9.91.